The summed E-state index contributed by atoms with van der Waals surface area (Å²) in [5.74, 6) is 0.0244. The van der Waals surface area contributed by atoms with Crippen LogP contribution in [-0.4, -0.2) is 37.1 Å². The van der Waals surface area contributed by atoms with Gasteiger partial charge >= 0.3 is 0 Å². The van der Waals surface area contributed by atoms with Gasteiger partial charge in [0.1, 0.15) is 0 Å². The maximum absolute atomic E-state index is 11.9. The lowest BCUT2D eigenvalue weighted by atomic mass is 10.1. The van der Waals surface area contributed by atoms with Crippen LogP contribution in [0.4, 0.5) is 0 Å². The van der Waals surface area contributed by atoms with Crippen molar-refractivity contribution in [3.8, 4) is 0 Å². The highest BCUT2D eigenvalue weighted by Crippen LogP contribution is 2.27. The Morgan fingerprint density at radius 3 is 2.52 bits per heavy atom. The molecule has 1 atom stereocenters. The average Bonchev–Trinajstić information content (AvgIpc) is 2.35. The Labute approximate surface area is 135 Å². The molecular weight excluding hydrogens is 357 g/mol. The van der Waals surface area contributed by atoms with E-state index in [1.165, 1.54) is 19.1 Å². The first-order valence-corrected chi connectivity index (χ1v) is 10.4. The maximum atomic E-state index is 11.9. The molecular formula is C12H15Cl2NO4S2. The van der Waals surface area contributed by atoms with E-state index in [2.05, 4.69) is 5.32 Å². The zero-order valence-corrected chi connectivity index (χ0v) is 14.6. The smallest absolute Gasteiger partial charge is 0.261 e. The largest absolute Gasteiger partial charge is 0.352 e. The monoisotopic (exact) mass is 371 g/mol. The Morgan fingerprint density at radius 2 is 2.00 bits per heavy atom. The van der Waals surface area contributed by atoms with Gasteiger partial charge in [-0.2, -0.15) is 0 Å². The highest BCUT2D eigenvalue weighted by molar-refractivity contribution is 8.13. The summed E-state index contributed by atoms with van der Waals surface area (Å²) in [4.78, 5) is 11.8. The van der Waals surface area contributed by atoms with Crippen LogP contribution in [0.1, 0.15) is 22.3 Å². The molecule has 5 nitrogen and oxygen atoms in total. The molecule has 0 radical (unpaired) electrons. The molecule has 1 amide bonds. The predicted molar refractivity (Wildman–Crippen MR) is 85.1 cm³/mol. The van der Waals surface area contributed by atoms with Crippen molar-refractivity contribution in [2.24, 2.45) is 0 Å². The van der Waals surface area contributed by atoms with Gasteiger partial charge < -0.3 is 5.32 Å². The second-order valence-electron chi connectivity index (χ2n) is 4.41. The highest BCUT2D eigenvalue weighted by atomic mass is 35.7. The molecule has 0 aromatic heterocycles. The van der Waals surface area contributed by atoms with E-state index in [1.54, 1.807) is 6.26 Å². The summed E-state index contributed by atoms with van der Waals surface area (Å²) in [5, 5.41) is 2.76. The van der Waals surface area contributed by atoms with E-state index in [4.69, 9.17) is 22.3 Å². The van der Waals surface area contributed by atoms with Gasteiger partial charge in [0.2, 0.25) is 0 Å². The van der Waals surface area contributed by atoms with Gasteiger partial charge in [-0.1, -0.05) is 11.6 Å². The molecule has 0 aliphatic heterocycles. The van der Waals surface area contributed by atoms with E-state index in [0.29, 0.717) is 24.3 Å². The van der Waals surface area contributed by atoms with Crippen molar-refractivity contribution in [2.45, 2.75) is 18.2 Å². The molecule has 1 aromatic rings. The number of rotatable bonds is 6. The Balaban J connectivity index is 2.91. The molecule has 1 unspecified atom stereocenters. The predicted octanol–water partition coefficient (Wildman–Crippen LogP) is 2.07. The number of halogens is 2. The second-order valence-corrected chi connectivity index (χ2v) is 8.90. The minimum absolute atomic E-state index is 0.113. The lowest BCUT2D eigenvalue weighted by Crippen LogP contribution is -2.25. The lowest BCUT2D eigenvalue weighted by molar-refractivity contribution is 0.0953. The summed E-state index contributed by atoms with van der Waals surface area (Å²) in [6.07, 6.45) is 2.15. The summed E-state index contributed by atoms with van der Waals surface area (Å²) < 4.78 is 33.8. The van der Waals surface area contributed by atoms with Crippen LogP contribution in [-0.2, 0) is 19.9 Å². The number of amides is 1. The molecule has 1 rings (SSSR count). The van der Waals surface area contributed by atoms with Crippen molar-refractivity contribution in [2.75, 3.05) is 18.6 Å². The van der Waals surface area contributed by atoms with Crippen LogP contribution < -0.4 is 5.32 Å². The number of carbonyl (C=O) groups is 1. The van der Waals surface area contributed by atoms with Crippen LogP contribution in [0.3, 0.4) is 0 Å². The molecule has 0 bridgehead atoms. The fourth-order valence-corrected chi connectivity index (χ4v) is 3.67. The van der Waals surface area contributed by atoms with Crippen LogP contribution in [0.5, 0.6) is 0 Å². The average molecular weight is 372 g/mol. The van der Waals surface area contributed by atoms with Crippen molar-refractivity contribution in [1.82, 2.24) is 5.32 Å². The van der Waals surface area contributed by atoms with Crippen LogP contribution in [0.15, 0.2) is 17.0 Å². The molecule has 1 N–H and O–H groups in total. The van der Waals surface area contributed by atoms with Crippen molar-refractivity contribution >= 4 is 48.0 Å². The fraction of sp³-hybridized carbons (Fsp3) is 0.417. The normalized spacial score (nSPS) is 13.0. The van der Waals surface area contributed by atoms with Gasteiger partial charge in [0, 0.05) is 50.6 Å². The Bertz CT molecular complexity index is 674. The van der Waals surface area contributed by atoms with E-state index >= 15 is 0 Å². The fourth-order valence-electron chi connectivity index (χ4n) is 1.62. The first-order valence-electron chi connectivity index (χ1n) is 5.96. The molecule has 0 spiro atoms. The van der Waals surface area contributed by atoms with Gasteiger partial charge in [-0.3, -0.25) is 9.00 Å². The molecule has 1 aromatic carbocycles. The van der Waals surface area contributed by atoms with Crippen LogP contribution >= 0.6 is 22.3 Å². The van der Waals surface area contributed by atoms with Gasteiger partial charge in [-0.15, -0.1) is 0 Å². The standard InChI is InChI=1S/C12H15Cl2NO4S2/c1-8-10(13)6-9(7-11(8)21(14,18)19)12(16)15-4-3-5-20(2)17/h6-7H,3-5H2,1-2H3,(H,15,16). The minimum atomic E-state index is -3.98. The number of benzene rings is 1. The molecule has 0 fully saturated rings. The molecule has 9 heteroatoms. The Morgan fingerprint density at radius 1 is 1.38 bits per heavy atom. The second kappa shape index (κ2) is 7.58. The van der Waals surface area contributed by atoms with Crippen LogP contribution in [0.25, 0.3) is 0 Å². The summed E-state index contributed by atoms with van der Waals surface area (Å²) in [6, 6.07) is 2.58. The van der Waals surface area contributed by atoms with Crippen LogP contribution in [0.2, 0.25) is 5.02 Å². The molecule has 118 valence electrons. The van der Waals surface area contributed by atoms with Gasteiger partial charge in [0.25, 0.3) is 15.0 Å². The molecule has 0 saturated heterocycles. The molecule has 0 aliphatic rings. The van der Waals surface area contributed by atoms with Crippen molar-refractivity contribution in [1.29, 1.82) is 0 Å². The van der Waals surface area contributed by atoms with E-state index in [1.807, 2.05) is 0 Å². The highest BCUT2D eigenvalue weighted by Gasteiger charge is 2.19. The molecule has 0 aliphatic carbocycles. The first-order chi connectivity index (χ1) is 9.62. The molecule has 21 heavy (non-hydrogen) atoms. The topological polar surface area (TPSA) is 80.3 Å². The quantitative estimate of drug-likeness (QED) is 0.612. The lowest BCUT2D eigenvalue weighted by Gasteiger charge is -2.09. The summed E-state index contributed by atoms with van der Waals surface area (Å²) >= 11 is 5.93. The van der Waals surface area contributed by atoms with Crippen molar-refractivity contribution < 1.29 is 17.4 Å². The number of carbonyl (C=O) groups excluding carboxylic acids is 1. The molecule has 0 saturated carbocycles. The summed E-state index contributed by atoms with van der Waals surface area (Å²) in [7, 11) is 0.425. The van der Waals surface area contributed by atoms with Gasteiger partial charge in [0.05, 0.1) is 4.90 Å². The summed E-state index contributed by atoms with van der Waals surface area (Å²) in [6.45, 7) is 1.85. The number of nitrogens with one attached hydrogen (secondary N) is 1. The maximum Gasteiger partial charge on any atom is 0.261 e. The van der Waals surface area contributed by atoms with E-state index in [-0.39, 0.29) is 15.5 Å². The van der Waals surface area contributed by atoms with Crippen molar-refractivity contribution in [3.63, 3.8) is 0 Å². The van der Waals surface area contributed by atoms with Gasteiger partial charge in [-0.25, -0.2) is 8.42 Å². The van der Waals surface area contributed by atoms with Gasteiger partial charge in [-0.05, 0) is 31.0 Å². The third kappa shape index (κ3) is 5.58. The molecule has 0 heterocycles. The third-order valence-corrected chi connectivity index (χ3v) is 5.42. The Hall–Kier alpha value is -0.630. The number of hydrogen-bond donors (Lipinski definition) is 1. The van der Waals surface area contributed by atoms with Crippen LogP contribution in [0, 0.1) is 6.92 Å². The third-order valence-electron chi connectivity index (χ3n) is 2.72. The zero-order chi connectivity index (χ0) is 16.2. The van der Waals surface area contributed by atoms with E-state index in [0.717, 1.165) is 0 Å². The van der Waals surface area contributed by atoms with E-state index in [9.17, 15) is 17.4 Å². The Kier molecular flexibility index (Phi) is 6.65. The van der Waals surface area contributed by atoms with Crippen molar-refractivity contribution in [3.05, 3.63) is 28.3 Å². The first kappa shape index (κ1) is 18.4. The van der Waals surface area contributed by atoms with E-state index < -0.39 is 25.8 Å². The summed E-state index contributed by atoms with van der Waals surface area (Å²) in [5.41, 5.74) is 0.409. The van der Waals surface area contributed by atoms with Gasteiger partial charge in [0.15, 0.2) is 0 Å². The zero-order valence-electron chi connectivity index (χ0n) is 11.5. The SMILES string of the molecule is Cc1c(Cl)cc(C(=O)NCCCS(C)=O)cc1S(=O)(=O)Cl. The minimum Gasteiger partial charge on any atom is -0.352 e. The number of hydrogen-bond acceptors (Lipinski definition) is 4.